The number of nitrogens with zero attached hydrogens (tertiary/aromatic N) is 3. The molecule has 2 aromatic rings. The average Bonchev–Trinajstić information content (AvgIpc) is 2.88. The molecule has 0 aliphatic heterocycles. The molecule has 2 aromatic heterocycles. The van der Waals surface area contributed by atoms with Crippen molar-refractivity contribution >= 4 is 16.3 Å². The van der Waals surface area contributed by atoms with Crippen molar-refractivity contribution in [2.75, 3.05) is 7.05 Å². The first-order chi connectivity index (χ1) is 9.63. The molecule has 2 heterocycles. The Balaban J connectivity index is 1.73. The van der Waals surface area contributed by atoms with Gasteiger partial charge in [0.25, 0.3) is 5.56 Å². The summed E-state index contributed by atoms with van der Waals surface area (Å²) in [6, 6.07) is 2.30. The maximum absolute atomic E-state index is 12.0. The number of rotatable bonds is 3. The lowest BCUT2D eigenvalue weighted by molar-refractivity contribution is 0.162. The molecule has 0 radical (unpaired) electrons. The molecule has 1 aliphatic carbocycles. The molecule has 0 unspecified atom stereocenters. The Morgan fingerprint density at radius 2 is 2.15 bits per heavy atom. The SMILES string of the molecule is CC1CCC(N(C)Cc2cc(=O)n3ccsc3n2)CC1. The molecule has 1 fully saturated rings. The van der Waals surface area contributed by atoms with Crippen LogP contribution in [-0.4, -0.2) is 27.4 Å². The van der Waals surface area contributed by atoms with E-state index in [2.05, 4.69) is 23.9 Å². The molecule has 108 valence electrons. The lowest BCUT2D eigenvalue weighted by Gasteiger charge is -2.33. The van der Waals surface area contributed by atoms with Crippen molar-refractivity contribution in [1.82, 2.24) is 14.3 Å². The normalized spacial score (nSPS) is 23.6. The average molecular weight is 291 g/mol. The predicted molar refractivity (Wildman–Crippen MR) is 82.2 cm³/mol. The fourth-order valence-electron chi connectivity index (χ4n) is 3.04. The maximum Gasteiger partial charge on any atom is 0.258 e. The van der Waals surface area contributed by atoms with Crippen LogP contribution < -0.4 is 5.56 Å². The maximum atomic E-state index is 12.0. The van der Waals surface area contributed by atoms with Gasteiger partial charge in [-0.15, -0.1) is 11.3 Å². The Hall–Kier alpha value is -1.20. The quantitative estimate of drug-likeness (QED) is 0.872. The second-order valence-corrected chi connectivity index (χ2v) is 6.84. The second-order valence-electron chi connectivity index (χ2n) is 5.97. The highest BCUT2D eigenvalue weighted by molar-refractivity contribution is 7.15. The molecule has 4 nitrogen and oxygen atoms in total. The summed E-state index contributed by atoms with van der Waals surface area (Å²) in [5, 5.41) is 1.90. The zero-order chi connectivity index (χ0) is 14.1. The molecule has 0 aromatic carbocycles. The fourth-order valence-corrected chi connectivity index (χ4v) is 3.78. The van der Waals surface area contributed by atoms with Crippen LogP contribution in [0.5, 0.6) is 0 Å². The number of hydrogen-bond acceptors (Lipinski definition) is 4. The number of aromatic nitrogens is 2. The van der Waals surface area contributed by atoms with Gasteiger partial charge in [-0.05, 0) is 38.6 Å². The van der Waals surface area contributed by atoms with Gasteiger partial charge in [0.1, 0.15) is 0 Å². The van der Waals surface area contributed by atoms with Crippen molar-refractivity contribution < 1.29 is 0 Å². The standard InChI is InChI=1S/C15H21N3OS/c1-11-3-5-13(6-4-11)17(2)10-12-9-14(19)18-7-8-20-15(18)16-12/h7-9,11,13H,3-6,10H2,1-2H3. The first kappa shape index (κ1) is 13.8. The fraction of sp³-hybridized carbons (Fsp3) is 0.600. The zero-order valence-electron chi connectivity index (χ0n) is 12.1. The Bertz CT molecular complexity index is 640. The van der Waals surface area contributed by atoms with E-state index in [4.69, 9.17) is 0 Å². The van der Waals surface area contributed by atoms with Crippen LogP contribution in [0.2, 0.25) is 0 Å². The van der Waals surface area contributed by atoms with Crippen molar-refractivity contribution in [3.63, 3.8) is 0 Å². The van der Waals surface area contributed by atoms with E-state index < -0.39 is 0 Å². The minimum atomic E-state index is 0.0249. The van der Waals surface area contributed by atoms with E-state index in [0.717, 1.165) is 23.1 Å². The molecule has 0 N–H and O–H groups in total. The van der Waals surface area contributed by atoms with E-state index in [9.17, 15) is 4.79 Å². The summed E-state index contributed by atoms with van der Waals surface area (Å²) >= 11 is 1.51. The third-order valence-electron chi connectivity index (χ3n) is 4.38. The summed E-state index contributed by atoms with van der Waals surface area (Å²) in [5.41, 5.74) is 0.912. The zero-order valence-corrected chi connectivity index (χ0v) is 12.9. The van der Waals surface area contributed by atoms with Crippen LogP contribution in [0.3, 0.4) is 0 Å². The van der Waals surface area contributed by atoms with Gasteiger partial charge >= 0.3 is 0 Å². The Morgan fingerprint density at radius 1 is 1.40 bits per heavy atom. The monoisotopic (exact) mass is 291 g/mol. The van der Waals surface area contributed by atoms with Crippen LogP contribution >= 0.6 is 11.3 Å². The van der Waals surface area contributed by atoms with Crippen molar-refractivity contribution in [2.24, 2.45) is 5.92 Å². The van der Waals surface area contributed by atoms with Gasteiger partial charge in [-0.2, -0.15) is 0 Å². The number of hydrogen-bond donors (Lipinski definition) is 0. The Labute approximate surface area is 123 Å². The predicted octanol–water partition coefficient (Wildman–Crippen LogP) is 2.77. The smallest absolute Gasteiger partial charge is 0.258 e. The third-order valence-corrected chi connectivity index (χ3v) is 5.13. The molecule has 5 heteroatoms. The molecule has 3 rings (SSSR count). The van der Waals surface area contributed by atoms with Gasteiger partial charge in [-0.3, -0.25) is 14.1 Å². The summed E-state index contributed by atoms with van der Waals surface area (Å²) in [6.45, 7) is 3.10. The van der Waals surface area contributed by atoms with Crippen LogP contribution in [0.15, 0.2) is 22.4 Å². The van der Waals surface area contributed by atoms with Gasteiger partial charge in [0.05, 0.1) is 5.69 Å². The van der Waals surface area contributed by atoms with Crippen molar-refractivity contribution in [3.05, 3.63) is 33.7 Å². The van der Waals surface area contributed by atoms with E-state index in [0.29, 0.717) is 6.04 Å². The molecule has 0 amide bonds. The highest BCUT2D eigenvalue weighted by atomic mass is 32.1. The molecule has 0 atom stereocenters. The van der Waals surface area contributed by atoms with Crippen LogP contribution in [-0.2, 0) is 6.54 Å². The van der Waals surface area contributed by atoms with Crippen LogP contribution in [0, 0.1) is 5.92 Å². The molecule has 1 saturated carbocycles. The summed E-state index contributed by atoms with van der Waals surface area (Å²) in [5.74, 6) is 0.866. The Kier molecular flexibility index (Phi) is 3.89. The minimum absolute atomic E-state index is 0.0249. The number of thiazole rings is 1. The summed E-state index contributed by atoms with van der Waals surface area (Å²) in [7, 11) is 2.15. The van der Waals surface area contributed by atoms with Crippen LogP contribution in [0.25, 0.3) is 4.96 Å². The van der Waals surface area contributed by atoms with Gasteiger partial charge in [0.15, 0.2) is 4.96 Å². The van der Waals surface area contributed by atoms with Crippen LogP contribution in [0.4, 0.5) is 0 Å². The van der Waals surface area contributed by atoms with E-state index >= 15 is 0 Å². The lowest BCUT2D eigenvalue weighted by atomic mass is 9.87. The lowest BCUT2D eigenvalue weighted by Crippen LogP contribution is -2.35. The summed E-state index contributed by atoms with van der Waals surface area (Å²) in [4.78, 5) is 19.7. The largest absolute Gasteiger partial charge is 0.298 e. The van der Waals surface area contributed by atoms with Gasteiger partial charge in [0, 0.05) is 30.2 Å². The highest BCUT2D eigenvalue weighted by Gasteiger charge is 2.22. The first-order valence-corrected chi connectivity index (χ1v) is 8.17. The molecular formula is C15H21N3OS. The highest BCUT2D eigenvalue weighted by Crippen LogP contribution is 2.27. The third kappa shape index (κ3) is 2.79. The second kappa shape index (κ2) is 5.66. The summed E-state index contributed by atoms with van der Waals surface area (Å²) in [6.07, 6.45) is 6.94. The first-order valence-electron chi connectivity index (χ1n) is 7.29. The van der Waals surface area contributed by atoms with Crippen molar-refractivity contribution in [3.8, 4) is 0 Å². The molecule has 20 heavy (non-hydrogen) atoms. The molecular weight excluding hydrogens is 270 g/mol. The van der Waals surface area contributed by atoms with E-state index in [-0.39, 0.29) is 5.56 Å². The van der Waals surface area contributed by atoms with Gasteiger partial charge in [-0.25, -0.2) is 4.98 Å². The summed E-state index contributed by atoms with van der Waals surface area (Å²) < 4.78 is 1.61. The van der Waals surface area contributed by atoms with E-state index in [1.54, 1.807) is 16.7 Å². The van der Waals surface area contributed by atoms with E-state index in [1.165, 1.54) is 37.0 Å². The topological polar surface area (TPSA) is 37.6 Å². The molecule has 0 spiro atoms. The van der Waals surface area contributed by atoms with Gasteiger partial charge in [-0.1, -0.05) is 6.92 Å². The van der Waals surface area contributed by atoms with Crippen LogP contribution in [0.1, 0.15) is 38.3 Å². The number of fused-ring (bicyclic) bond motifs is 1. The van der Waals surface area contributed by atoms with Gasteiger partial charge in [0.2, 0.25) is 0 Å². The molecule has 0 saturated heterocycles. The Morgan fingerprint density at radius 3 is 2.90 bits per heavy atom. The van der Waals surface area contributed by atoms with Crippen molar-refractivity contribution in [1.29, 1.82) is 0 Å². The molecule has 1 aliphatic rings. The van der Waals surface area contributed by atoms with E-state index in [1.807, 2.05) is 5.38 Å². The van der Waals surface area contributed by atoms with Gasteiger partial charge < -0.3 is 0 Å². The van der Waals surface area contributed by atoms with Crippen molar-refractivity contribution in [2.45, 2.75) is 45.2 Å². The minimum Gasteiger partial charge on any atom is -0.298 e. The molecule has 0 bridgehead atoms.